The Balaban J connectivity index is 1.96. The average Bonchev–Trinajstić information content (AvgIpc) is 2.48. The summed E-state index contributed by atoms with van der Waals surface area (Å²) in [7, 11) is 1.68. The van der Waals surface area contributed by atoms with Crippen molar-refractivity contribution in [2.75, 3.05) is 19.0 Å². The quantitative estimate of drug-likeness (QED) is 0.843. The third kappa shape index (κ3) is 4.13. The molecule has 116 valence electrons. The number of nitrogens with one attached hydrogen (secondary N) is 1. The third-order valence-electron chi connectivity index (χ3n) is 4.06. The lowest BCUT2D eigenvalue weighted by Crippen LogP contribution is -2.32. The number of ether oxygens (including phenoxy) is 2. The van der Waals surface area contributed by atoms with Crippen molar-refractivity contribution in [3.05, 3.63) is 23.8 Å². The molecule has 1 aromatic carbocycles. The minimum absolute atomic E-state index is 0.0375. The number of rotatable bonds is 5. The molecule has 0 spiro atoms. The Kier molecular flexibility index (Phi) is 5.48. The first-order valence-electron chi connectivity index (χ1n) is 7.71. The predicted molar refractivity (Wildman–Crippen MR) is 83.7 cm³/mol. The van der Waals surface area contributed by atoms with Crippen LogP contribution in [0.3, 0.4) is 0 Å². The first-order chi connectivity index (χ1) is 10.1. The summed E-state index contributed by atoms with van der Waals surface area (Å²) >= 11 is 0. The summed E-state index contributed by atoms with van der Waals surface area (Å²) in [6, 6.07) is 6.43. The Labute approximate surface area is 126 Å². The van der Waals surface area contributed by atoms with Crippen LogP contribution in [0, 0.1) is 12.8 Å². The van der Waals surface area contributed by atoms with Gasteiger partial charge in [-0.15, -0.1) is 0 Å². The van der Waals surface area contributed by atoms with Gasteiger partial charge in [0.15, 0.2) is 0 Å². The number of carbonyl (C=O) groups excluding carboxylic acids is 1. The number of aryl methyl sites for hydroxylation is 1. The molecule has 2 unspecified atom stereocenters. The van der Waals surface area contributed by atoms with Gasteiger partial charge in [-0.2, -0.15) is 0 Å². The van der Waals surface area contributed by atoms with Gasteiger partial charge in [0.1, 0.15) is 5.75 Å². The van der Waals surface area contributed by atoms with Crippen molar-refractivity contribution in [3.8, 4) is 5.75 Å². The van der Waals surface area contributed by atoms with Gasteiger partial charge in [0.25, 0.3) is 0 Å². The molecule has 0 radical (unpaired) electrons. The maximum Gasteiger partial charge on any atom is 0.308 e. The summed E-state index contributed by atoms with van der Waals surface area (Å²) in [6.45, 7) is 4.36. The summed E-state index contributed by atoms with van der Waals surface area (Å²) < 4.78 is 10.4. The SMILES string of the molecule is CCOC(=O)C1CCCC(Nc2ccc(OC)c(C)c2)C1. The number of methoxy groups -OCH3 is 1. The summed E-state index contributed by atoms with van der Waals surface area (Å²) in [6.07, 6.45) is 3.96. The van der Waals surface area contributed by atoms with Crippen LogP contribution in [0.1, 0.15) is 38.2 Å². The van der Waals surface area contributed by atoms with Crippen molar-refractivity contribution in [1.29, 1.82) is 0 Å². The van der Waals surface area contributed by atoms with Gasteiger partial charge < -0.3 is 14.8 Å². The number of esters is 1. The van der Waals surface area contributed by atoms with Gasteiger partial charge in [0.2, 0.25) is 0 Å². The number of benzene rings is 1. The molecule has 0 aliphatic heterocycles. The van der Waals surface area contributed by atoms with Crippen molar-refractivity contribution in [1.82, 2.24) is 0 Å². The van der Waals surface area contributed by atoms with Crippen molar-refractivity contribution in [2.24, 2.45) is 5.92 Å². The lowest BCUT2D eigenvalue weighted by molar-refractivity contribution is -0.149. The van der Waals surface area contributed by atoms with Crippen LogP contribution in [-0.4, -0.2) is 25.7 Å². The summed E-state index contributed by atoms with van der Waals surface area (Å²) in [4.78, 5) is 11.9. The Hall–Kier alpha value is -1.71. The second kappa shape index (κ2) is 7.34. The second-order valence-electron chi connectivity index (χ2n) is 5.64. The molecule has 0 bridgehead atoms. The molecule has 1 aromatic rings. The van der Waals surface area contributed by atoms with E-state index in [4.69, 9.17) is 9.47 Å². The first kappa shape index (κ1) is 15.7. The van der Waals surface area contributed by atoms with Gasteiger partial charge >= 0.3 is 5.97 Å². The van der Waals surface area contributed by atoms with E-state index in [1.54, 1.807) is 7.11 Å². The van der Waals surface area contributed by atoms with Gasteiger partial charge in [-0.3, -0.25) is 4.79 Å². The largest absolute Gasteiger partial charge is 0.496 e. The number of carbonyl (C=O) groups is 1. The third-order valence-corrected chi connectivity index (χ3v) is 4.06. The lowest BCUT2D eigenvalue weighted by Gasteiger charge is -2.29. The van der Waals surface area contributed by atoms with E-state index in [0.29, 0.717) is 12.6 Å². The zero-order valence-corrected chi connectivity index (χ0v) is 13.1. The van der Waals surface area contributed by atoms with Crippen molar-refractivity contribution in [3.63, 3.8) is 0 Å². The molecule has 21 heavy (non-hydrogen) atoms. The molecule has 0 heterocycles. The van der Waals surface area contributed by atoms with Crippen LogP contribution in [-0.2, 0) is 9.53 Å². The molecule has 2 atom stereocenters. The highest BCUT2D eigenvalue weighted by Crippen LogP contribution is 2.29. The molecule has 1 fully saturated rings. The molecule has 4 nitrogen and oxygen atoms in total. The van der Waals surface area contributed by atoms with Gasteiger partial charge in [-0.25, -0.2) is 0 Å². The molecule has 1 aliphatic carbocycles. The Morgan fingerprint density at radius 2 is 2.19 bits per heavy atom. The van der Waals surface area contributed by atoms with Crippen LogP contribution in [0.25, 0.3) is 0 Å². The fourth-order valence-corrected chi connectivity index (χ4v) is 3.00. The van der Waals surface area contributed by atoms with Gasteiger partial charge in [-0.1, -0.05) is 6.42 Å². The van der Waals surface area contributed by atoms with E-state index in [0.717, 1.165) is 42.7 Å². The average molecular weight is 291 g/mol. The predicted octanol–water partition coefficient (Wildman–Crippen LogP) is 3.54. The highest BCUT2D eigenvalue weighted by Gasteiger charge is 2.28. The zero-order chi connectivity index (χ0) is 15.2. The van der Waals surface area contributed by atoms with Crippen LogP contribution in [0.2, 0.25) is 0 Å². The van der Waals surface area contributed by atoms with Crippen LogP contribution in [0.4, 0.5) is 5.69 Å². The van der Waals surface area contributed by atoms with E-state index in [9.17, 15) is 4.79 Å². The first-order valence-corrected chi connectivity index (χ1v) is 7.71. The Bertz CT molecular complexity index is 487. The maximum atomic E-state index is 11.9. The molecule has 1 N–H and O–H groups in total. The van der Waals surface area contributed by atoms with Crippen LogP contribution in [0.15, 0.2) is 18.2 Å². The number of hydrogen-bond donors (Lipinski definition) is 1. The van der Waals surface area contributed by atoms with Gasteiger partial charge in [-0.05, 0) is 56.9 Å². The van der Waals surface area contributed by atoms with Crippen molar-refractivity contribution >= 4 is 11.7 Å². The van der Waals surface area contributed by atoms with Crippen LogP contribution >= 0.6 is 0 Å². The second-order valence-corrected chi connectivity index (χ2v) is 5.64. The van der Waals surface area contributed by atoms with Gasteiger partial charge in [0, 0.05) is 11.7 Å². The van der Waals surface area contributed by atoms with E-state index >= 15 is 0 Å². The van der Waals surface area contributed by atoms with Crippen LogP contribution in [0.5, 0.6) is 5.75 Å². The highest BCUT2D eigenvalue weighted by atomic mass is 16.5. The molecule has 0 amide bonds. The van der Waals surface area contributed by atoms with Crippen molar-refractivity contribution < 1.29 is 14.3 Å². The summed E-state index contributed by atoms with van der Waals surface area (Å²) in [5, 5.41) is 3.54. The van der Waals surface area contributed by atoms with Crippen LogP contribution < -0.4 is 10.1 Å². The molecule has 2 rings (SSSR count). The van der Waals surface area contributed by atoms with E-state index in [1.807, 2.05) is 26.0 Å². The topological polar surface area (TPSA) is 47.6 Å². The molecule has 0 aromatic heterocycles. The molecule has 1 aliphatic rings. The number of anilines is 1. The van der Waals surface area contributed by atoms with Gasteiger partial charge in [0.05, 0.1) is 19.6 Å². The van der Waals surface area contributed by atoms with E-state index in [1.165, 1.54) is 0 Å². The standard InChI is InChI=1S/C17H25NO3/c1-4-21-17(19)13-6-5-7-14(11-13)18-15-8-9-16(20-3)12(2)10-15/h8-10,13-14,18H,4-7,11H2,1-3H3. The minimum atomic E-state index is -0.0464. The fourth-order valence-electron chi connectivity index (χ4n) is 3.00. The minimum Gasteiger partial charge on any atom is -0.496 e. The maximum absolute atomic E-state index is 11.9. The molecular weight excluding hydrogens is 266 g/mol. The zero-order valence-electron chi connectivity index (χ0n) is 13.1. The van der Waals surface area contributed by atoms with Crippen molar-refractivity contribution in [2.45, 2.75) is 45.6 Å². The highest BCUT2D eigenvalue weighted by molar-refractivity contribution is 5.72. The molecular formula is C17H25NO3. The number of hydrogen-bond acceptors (Lipinski definition) is 4. The Morgan fingerprint density at radius 1 is 1.38 bits per heavy atom. The monoisotopic (exact) mass is 291 g/mol. The smallest absolute Gasteiger partial charge is 0.308 e. The van der Waals surface area contributed by atoms with E-state index in [2.05, 4.69) is 11.4 Å². The molecule has 1 saturated carbocycles. The molecule has 4 heteroatoms. The normalized spacial score (nSPS) is 21.7. The lowest BCUT2D eigenvalue weighted by atomic mass is 9.85. The Morgan fingerprint density at radius 3 is 2.86 bits per heavy atom. The summed E-state index contributed by atoms with van der Waals surface area (Å²) in [5.41, 5.74) is 2.20. The van der Waals surface area contributed by atoms with E-state index < -0.39 is 0 Å². The fraction of sp³-hybridized carbons (Fsp3) is 0.588. The van der Waals surface area contributed by atoms with E-state index in [-0.39, 0.29) is 11.9 Å². The molecule has 0 saturated heterocycles. The summed E-state index contributed by atoms with van der Waals surface area (Å²) in [5.74, 6) is 0.888.